The highest BCUT2D eigenvalue weighted by Crippen LogP contribution is 2.54. The molecule has 0 aromatic heterocycles. The van der Waals surface area contributed by atoms with Crippen LogP contribution in [0.4, 0.5) is 0 Å². The summed E-state index contributed by atoms with van der Waals surface area (Å²) < 4.78 is 190. The molecular formula is C85H143B10N3O35S2. The number of methoxy groups -OCH3 is 20. The Morgan fingerprint density at radius 2 is 0.689 bits per heavy atom. The molecule has 0 aliphatic carbocycles. The summed E-state index contributed by atoms with van der Waals surface area (Å²) in [6.07, 6.45) is -1.47. The van der Waals surface area contributed by atoms with Crippen molar-refractivity contribution in [2.24, 2.45) is 0 Å². The van der Waals surface area contributed by atoms with Crippen molar-refractivity contribution in [2.45, 2.75) is 282 Å². The number of ether oxygens (including phenoxy) is 35. The molecule has 20 saturated heterocycles. The Balaban J connectivity index is 0.000000144. The fraction of sp³-hybridized carbons (Fsp3) is 1.00. The van der Waals surface area contributed by atoms with E-state index in [2.05, 4.69) is 15.5 Å². The van der Waals surface area contributed by atoms with Crippen molar-refractivity contribution in [1.82, 2.24) is 15.5 Å². The summed E-state index contributed by atoms with van der Waals surface area (Å²) in [5, 5.41) is 7.08. The lowest BCUT2D eigenvalue weighted by Gasteiger charge is -2.42. The van der Waals surface area contributed by atoms with Gasteiger partial charge in [0.2, 0.25) is 0 Å². The highest BCUT2D eigenvalue weighted by molar-refractivity contribution is 8.00. The largest absolute Gasteiger partial charge is 0.382 e. The van der Waals surface area contributed by atoms with E-state index >= 15 is 0 Å². The van der Waals surface area contributed by atoms with Crippen molar-refractivity contribution in [3.63, 3.8) is 0 Å². The number of likely N-dealkylation sites (N-methyl/N-ethyl adjacent to an activating group) is 1. The van der Waals surface area contributed by atoms with Crippen LogP contribution in [0.1, 0.15) is 27.7 Å². The molecule has 2 N–H and O–H groups in total. The second-order valence-electron chi connectivity index (χ2n) is 37.8. The summed E-state index contributed by atoms with van der Waals surface area (Å²) in [5.74, 6) is 1.83. The third-order valence-corrected chi connectivity index (χ3v) is 32.6. The Kier molecular flexibility index (Phi) is 41.3. The van der Waals surface area contributed by atoms with Crippen molar-refractivity contribution in [3.8, 4) is 0 Å². The highest BCUT2D eigenvalue weighted by Gasteiger charge is 2.72. The Morgan fingerprint density at radius 1 is 0.333 bits per heavy atom. The standard InChI is InChI=1S/C10H17BO4.C9H16BNO3.2C9H15BO4.2C8H14BNO3.2C8H13BO4.2C8H13BO3S/c1-9(2)10(5-12-3)7(13-4)6(14-9)8(11)15-10;1-11-4-9(5-12-2)7(13-3)6(11)8(10)14-9;1-5(11-2)9-4-13-6(7(9)12-3)8(10)14-9;1-5-9(4-11-2)7(12-3)6(13-5)8(10)14-9;2*1-11-4-8-3-10-5(6(8)12-2)7(9)13-8;2*1-10-3-8-4-12-5(6(8)11-2)7(9)13-8;2*1-10-3-8-4-13-5(6(8)11-2)7(9)12-8/h6-8H,5H2,1-4H3;6-8H,4-5H2,1-3H3;2*5-8H,4H2,1-3H3;2*5-7,10H,3-4H2,1-2H3;4*5-7H,3-4H2,1-2H3/t6?,7-,8-,10-;6?,7-,8-,9-;5?,6?,7-,8-,9-;5?,6?,7-,8-,9+;5?,6-,7+,8-;5?,6-,7-,8-;5?,6-,7+,8+;5?,6-,7-,8+;5?,6-,7+,8+;5?,6-,7-,8+/m1111010101/s1. The smallest absolute Gasteiger partial charge is 0.148 e. The van der Waals surface area contributed by atoms with E-state index in [1.165, 1.54) is 0 Å². The Hall–Kier alpha value is -0.171. The van der Waals surface area contributed by atoms with Crippen LogP contribution in [0.5, 0.6) is 0 Å². The van der Waals surface area contributed by atoms with Crippen LogP contribution in [0.15, 0.2) is 0 Å². The fourth-order valence-corrected chi connectivity index (χ4v) is 26.8. The van der Waals surface area contributed by atoms with Gasteiger partial charge in [-0.1, -0.05) is 0 Å². The van der Waals surface area contributed by atoms with Gasteiger partial charge >= 0.3 is 0 Å². The van der Waals surface area contributed by atoms with Gasteiger partial charge in [0.15, 0.2) is 0 Å². The van der Waals surface area contributed by atoms with Gasteiger partial charge in [-0.3, -0.25) is 4.90 Å². The molecule has 0 amide bonds. The topological polar surface area (TPSA) is 350 Å². The van der Waals surface area contributed by atoms with E-state index in [4.69, 9.17) is 244 Å². The molecule has 42 atom stereocenters. The molecule has 50 heteroatoms. The number of nitrogens with zero attached hydrogens (tertiary/aromatic N) is 1. The molecule has 20 aliphatic heterocycles. The number of rotatable bonds is 30. The number of fused-ring (bicyclic) bond motifs is 20. The first-order chi connectivity index (χ1) is 64.3. The first-order valence-electron chi connectivity index (χ1n) is 45.5. The molecule has 20 heterocycles. The monoisotopic (exact) mass is 1940 g/mol. The second-order valence-corrected chi connectivity index (χ2v) is 40.2. The van der Waals surface area contributed by atoms with E-state index in [0.717, 1.165) is 31.1 Å². The summed E-state index contributed by atoms with van der Waals surface area (Å²) in [4.78, 5) is 2.18. The number of hydrogen-bond donors (Lipinski definition) is 2. The predicted octanol–water partition coefficient (Wildman–Crippen LogP) is -4.85. The molecule has 0 spiro atoms. The van der Waals surface area contributed by atoms with Gasteiger partial charge in [-0.25, -0.2) is 0 Å². The Bertz CT molecular complexity index is 3280. The van der Waals surface area contributed by atoms with Gasteiger partial charge in [0.25, 0.3) is 0 Å². The van der Waals surface area contributed by atoms with E-state index in [9.17, 15) is 0 Å². The van der Waals surface area contributed by atoms with Crippen molar-refractivity contribution in [2.75, 3.05) is 260 Å². The Labute approximate surface area is 820 Å². The van der Waals surface area contributed by atoms with E-state index in [1.54, 1.807) is 142 Å². The number of likely N-dealkylation sites (tertiary alicyclic amines) is 1. The minimum absolute atomic E-state index is 0.00227. The van der Waals surface area contributed by atoms with Gasteiger partial charge in [0, 0.05) is 233 Å². The summed E-state index contributed by atoms with van der Waals surface area (Å²) >= 11 is 3.63. The molecule has 750 valence electrons. The number of hydrogen-bond acceptors (Lipinski definition) is 40. The van der Waals surface area contributed by atoms with Gasteiger partial charge < -0.3 is 176 Å². The van der Waals surface area contributed by atoms with Gasteiger partial charge in [-0.15, -0.1) is 0 Å². The van der Waals surface area contributed by atoms with E-state index in [1.807, 2.05) is 58.3 Å². The molecule has 20 radical (unpaired) electrons. The summed E-state index contributed by atoms with van der Waals surface area (Å²) in [5.41, 5.74) is -4.84. The molecule has 20 rings (SSSR count). The van der Waals surface area contributed by atoms with Gasteiger partial charge in [0.05, 0.1) is 126 Å². The maximum Gasteiger partial charge on any atom is 0.148 e. The third-order valence-electron chi connectivity index (χ3n) is 29.5. The van der Waals surface area contributed by atoms with Gasteiger partial charge in [0.1, 0.15) is 226 Å². The molecule has 20 aliphatic rings. The molecule has 20 bridgehead atoms. The molecule has 0 aromatic rings. The zero-order chi connectivity index (χ0) is 99.2. The summed E-state index contributed by atoms with van der Waals surface area (Å²) in [7, 11) is 93.1. The fourth-order valence-electron chi connectivity index (χ4n) is 23.6. The van der Waals surface area contributed by atoms with Crippen LogP contribution in [0.2, 0.25) is 0 Å². The maximum absolute atomic E-state index is 5.89. The van der Waals surface area contributed by atoms with Gasteiger partial charge in [-0.05, 0) is 34.7 Å². The van der Waals surface area contributed by atoms with E-state index in [0.29, 0.717) is 79.3 Å². The second kappa shape index (κ2) is 48.4. The van der Waals surface area contributed by atoms with E-state index < -0.39 is 63.6 Å². The average Bonchev–Trinajstić information content (AvgIpc) is 1.54. The van der Waals surface area contributed by atoms with Crippen LogP contribution in [-0.2, 0) is 166 Å². The zero-order valence-corrected chi connectivity index (χ0v) is 85.0. The molecule has 20 fully saturated rings. The van der Waals surface area contributed by atoms with Crippen molar-refractivity contribution >= 4 is 102 Å². The predicted molar refractivity (Wildman–Crippen MR) is 500 cm³/mol. The quantitative estimate of drug-likeness (QED) is 0.0637. The van der Waals surface area contributed by atoms with Crippen LogP contribution in [0.25, 0.3) is 0 Å². The Morgan fingerprint density at radius 3 is 1.07 bits per heavy atom. The molecular weight excluding hydrogens is 1800 g/mol. The average molecular weight is 1940 g/mol. The lowest BCUT2D eigenvalue weighted by atomic mass is 9.84. The number of thioether (sulfide) groups is 2. The molecule has 135 heavy (non-hydrogen) atoms. The molecule has 12 unspecified atom stereocenters. The SMILES string of the molecule is [B][C@@H]1O[C@@]2(C(C)OC)COC1[C@H]2OC.[B][C@@H]1O[C@@]2(COC)C(C)OC1[C@H]2OC.[B][C@@H]1O[C@@]2(COC)CN(C)C1[C@H]2OC.[B][C@@H]1O[C@@]2(COC)CNC1[C@H]2OC.[B][C@@H]1O[C@@]2(COC)COC1[C@H]2OC.[B][C@@H]1O[C@@]2(COC)CSC1[C@H]2OC.[B][C@@H]1O[C@]2(COC)CNC1[C@@H]2OC.[B][C@@H]1O[C@]2(COC)COC1[C@@H]2OC.[B][C@@H]1O[C@]2(COC)CSC1[C@@H]2OC.[B][C@@H]1O[C@]2(COC)[C@H](OC)C1OC2(C)C. The van der Waals surface area contributed by atoms with Crippen LogP contribution >= 0.6 is 23.5 Å². The van der Waals surface area contributed by atoms with E-state index in [-0.39, 0.29) is 190 Å². The van der Waals surface area contributed by atoms with Crippen LogP contribution in [-0.4, -0.2) is 597 Å². The number of nitrogens with one attached hydrogen (secondary N) is 2. The maximum atomic E-state index is 5.89. The minimum atomic E-state index is -0.597. The highest BCUT2D eigenvalue weighted by atomic mass is 32.2. The third kappa shape index (κ3) is 21.5. The lowest BCUT2D eigenvalue weighted by molar-refractivity contribution is -0.223. The van der Waals surface area contributed by atoms with Crippen LogP contribution in [0, 0.1) is 0 Å². The lowest BCUT2D eigenvalue weighted by Crippen LogP contribution is -2.58. The van der Waals surface area contributed by atoms with Crippen LogP contribution < -0.4 is 10.6 Å². The zero-order valence-electron chi connectivity index (χ0n) is 83.3. The molecule has 0 aromatic carbocycles. The summed E-state index contributed by atoms with van der Waals surface area (Å²) in [6, 6.07) is -2.96. The molecule has 38 nitrogen and oxygen atoms in total. The summed E-state index contributed by atoms with van der Waals surface area (Å²) in [6.45, 7) is 16.1. The first-order valence-corrected chi connectivity index (χ1v) is 47.6. The van der Waals surface area contributed by atoms with Crippen molar-refractivity contribution < 1.29 is 166 Å². The number of morpholine rings is 3. The van der Waals surface area contributed by atoms with Gasteiger partial charge in [-0.2, -0.15) is 23.5 Å². The van der Waals surface area contributed by atoms with Crippen molar-refractivity contribution in [3.05, 3.63) is 0 Å². The minimum Gasteiger partial charge on any atom is -0.382 e. The van der Waals surface area contributed by atoms with Crippen LogP contribution in [0.3, 0.4) is 0 Å². The normalized spacial score (nSPS) is 48.6. The first kappa shape index (κ1) is 115. The molecule has 0 saturated carbocycles. The van der Waals surface area contributed by atoms with Crippen molar-refractivity contribution in [1.29, 1.82) is 0 Å².